The van der Waals surface area contributed by atoms with Crippen LogP contribution in [0.3, 0.4) is 0 Å². The summed E-state index contributed by atoms with van der Waals surface area (Å²) in [5.41, 5.74) is 0.0943. The molecule has 132 valence electrons. The van der Waals surface area contributed by atoms with Crippen molar-refractivity contribution in [3.8, 4) is 5.75 Å². The first-order valence-electron chi connectivity index (χ1n) is 8.85. The predicted octanol–water partition coefficient (Wildman–Crippen LogP) is 2.41. The first-order valence-corrected chi connectivity index (χ1v) is 8.85. The molecule has 1 aromatic rings. The summed E-state index contributed by atoms with van der Waals surface area (Å²) < 4.78 is 5.27. The van der Waals surface area contributed by atoms with E-state index in [0.717, 1.165) is 30.6 Å². The van der Waals surface area contributed by atoms with Crippen LogP contribution in [0.25, 0.3) is 0 Å². The van der Waals surface area contributed by atoms with Crippen molar-refractivity contribution in [2.45, 2.75) is 62.7 Å². The maximum Gasteiger partial charge on any atom is 0.226 e. The zero-order chi connectivity index (χ0) is 17.2. The van der Waals surface area contributed by atoms with E-state index < -0.39 is 11.7 Å². The quantitative estimate of drug-likeness (QED) is 0.888. The number of hydrogen-bond acceptors (Lipinski definition) is 4. The van der Waals surface area contributed by atoms with Crippen LogP contribution in [0.5, 0.6) is 5.75 Å². The van der Waals surface area contributed by atoms with Crippen molar-refractivity contribution in [2.75, 3.05) is 13.7 Å². The topological polar surface area (TPSA) is 70.0 Å². The van der Waals surface area contributed by atoms with Gasteiger partial charge in [0.2, 0.25) is 5.91 Å². The number of amides is 1. The molecule has 3 rings (SSSR count). The third-order valence-electron chi connectivity index (χ3n) is 5.34. The summed E-state index contributed by atoms with van der Waals surface area (Å²) in [6.45, 7) is 0.330. The van der Waals surface area contributed by atoms with Gasteiger partial charge in [0.25, 0.3) is 0 Å². The Labute approximate surface area is 143 Å². The highest BCUT2D eigenvalue weighted by molar-refractivity contribution is 5.78. The number of aliphatic hydroxyl groups is 2. The number of aliphatic hydroxyl groups excluding tert-OH is 1. The van der Waals surface area contributed by atoms with Crippen LogP contribution < -0.4 is 4.74 Å². The zero-order valence-corrected chi connectivity index (χ0v) is 14.3. The Balaban J connectivity index is 1.75. The van der Waals surface area contributed by atoms with Gasteiger partial charge in [-0.05, 0) is 37.0 Å². The maximum absolute atomic E-state index is 12.8. The molecular weight excluding hydrogens is 306 g/mol. The highest BCUT2D eigenvalue weighted by Gasteiger charge is 2.39. The monoisotopic (exact) mass is 333 g/mol. The van der Waals surface area contributed by atoms with Gasteiger partial charge in [0, 0.05) is 6.54 Å². The SMILES string of the molecule is COc1cccc([C@@H]2C[C@@H](O)CN2C(=O)CC2(O)CCCCC2)c1. The molecular formula is C19H27NO4. The fraction of sp³-hybridized carbons (Fsp3) is 0.632. The molecule has 0 spiro atoms. The molecule has 1 saturated carbocycles. The number of methoxy groups -OCH3 is 1. The van der Waals surface area contributed by atoms with Crippen molar-refractivity contribution in [1.82, 2.24) is 4.90 Å². The molecule has 1 saturated heterocycles. The lowest BCUT2D eigenvalue weighted by Crippen LogP contribution is -2.40. The Morgan fingerprint density at radius 3 is 2.79 bits per heavy atom. The average molecular weight is 333 g/mol. The number of benzene rings is 1. The largest absolute Gasteiger partial charge is 0.497 e. The van der Waals surface area contributed by atoms with Crippen molar-refractivity contribution < 1.29 is 19.7 Å². The molecule has 1 amide bonds. The molecule has 5 heteroatoms. The summed E-state index contributed by atoms with van der Waals surface area (Å²) in [6, 6.07) is 7.48. The highest BCUT2D eigenvalue weighted by atomic mass is 16.5. The van der Waals surface area contributed by atoms with Gasteiger partial charge in [0.15, 0.2) is 0 Å². The second-order valence-electron chi connectivity index (χ2n) is 7.19. The molecule has 1 aromatic carbocycles. The van der Waals surface area contributed by atoms with Gasteiger partial charge in [0.05, 0.1) is 31.3 Å². The van der Waals surface area contributed by atoms with E-state index in [4.69, 9.17) is 4.74 Å². The molecule has 0 aromatic heterocycles. The smallest absolute Gasteiger partial charge is 0.226 e. The van der Waals surface area contributed by atoms with E-state index >= 15 is 0 Å². The number of carbonyl (C=O) groups is 1. The van der Waals surface area contributed by atoms with Gasteiger partial charge < -0.3 is 19.8 Å². The first kappa shape index (κ1) is 17.2. The molecule has 1 aliphatic carbocycles. The van der Waals surface area contributed by atoms with Gasteiger partial charge in [-0.3, -0.25) is 4.79 Å². The van der Waals surface area contributed by atoms with E-state index in [1.807, 2.05) is 24.3 Å². The first-order chi connectivity index (χ1) is 11.5. The highest BCUT2D eigenvalue weighted by Crippen LogP contribution is 2.37. The summed E-state index contributed by atoms with van der Waals surface area (Å²) in [7, 11) is 1.62. The molecule has 2 aliphatic rings. The molecule has 1 aliphatic heterocycles. The Morgan fingerprint density at radius 2 is 2.08 bits per heavy atom. The van der Waals surface area contributed by atoms with Crippen LogP contribution in [0.2, 0.25) is 0 Å². The van der Waals surface area contributed by atoms with Crippen LogP contribution in [0.4, 0.5) is 0 Å². The van der Waals surface area contributed by atoms with Crippen molar-refractivity contribution in [2.24, 2.45) is 0 Å². The van der Waals surface area contributed by atoms with Crippen molar-refractivity contribution >= 4 is 5.91 Å². The minimum atomic E-state index is -0.873. The van der Waals surface area contributed by atoms with Crippen molar-refractivity contribution in [1.29, 1.82) is 0 Å². The third-order valence-corrected chi connectivity index (χ3v) is 5.34. The number of carbonyl (C=O) groups excluding carboxylic acids is 1. The van der Waals surface area contributed by atoms with Gasteiger partial charge >= 0.3 is 0 Å². The maximum atomic E-state index is 12.8. The van der Waals surface area contributed by atoms with Gasteiger partial charge in [-0.15, -0.1) is 0 Å². The van der Waals surface area contributed by atoms with Crippen LogP contribution in [-0.4, -0.2) is 46.4 Å². The Morgan fingerprint density at radius 1 is 1.33 bits per heavy atom. The minimum absolute atomic E-state index is 0.0660. The summed E-state index contributed by atoms with van der Waals surface area (Å²) in [4.78, 5) is 14.6. The van der Waals surface area contributed by atoms with Gasteiger partial charge in [-0.2, -0.15) is 0 Å². The molecule has 0 bridgehead atoms. The molecule has 2 atom stereocenters. The van der Waals surface area contributed by atoms with Crippen molar-refractivity contribution in [3.63, 3.8) is 0 Å². The van der Waals surface area contributed by atoms with Crippen LogP contribution in [0, 0.1) is 0 Å². The average Bonchev–Trinajstić information content (AvgIpc) is 2.97. The number of ether oxygens (including phenoxy) is 1. The van der Waals surface area contributed by atoms with Crippen molar-refractivity contribution in [3.05, 3.63) is 29.8 Å². The number of nitrogens with zero attached hydrogens (tertiary/aromatic N) is 1. The Kier molecular flexibility index (Phi) is 5.11. The van der Waals surface area contributed by atoms with E-state index in [2.05, 4.69) is 0 Å². The molecule has 2 fully saturated rings. The second kappa shape index (κ2) is 7.11. The van der Waals surface area contributed by atoms with Crippen LogP contribution in [0.1, 0.15) is 56.6 Å². The number of likely N-dealkylation sites (tertiary alicyclic amines) is 1. The van der Waals surface area contributed by atoms with E-state index in [9.17, 15) is 15.0 Å². The normalized spacial score (nSPS) is 26.4. The molecule has 0 unspecified atom stereocenters. The van der Waals surface area contributed by atoms with E-state index in [1.165, 1.54) is 0 Å². The lowest BCUT2D eigenvalue weighted by molar-refractivity contribution is -0.139. The Bertz CT molecular complexity index is 582. The lowest BCUT2D eigenvalue weighted by atomic mass is 9.82. The second-order valence-corrected chi connectivity index (χ2v) is 7.19. The number of rotatable bonds is 4. The zero-order valence-electron chi connectivity index (χ0n) is 14.3. The van der Waals surface area contributed by atoms with Gasteiger partial charge in [-0.1, -0.05) is 31.4 Å². The van der Waals surface area contributed by atoms with E-state index in [1.54, 1.807) is 12.0 Å². The summed E-state index contributed by atoms with van der Waals surface area (Å²) in [6.07, 6.45) is 4.63. The van der Waals surface area contributed by atoms with Crippen LogP contribution in [-0.2, 0) is 4.79 Å². The van der Waals surface area contributed by atoms with Crippen LogP contribution >= 0.6 is 0 Å². The van der Waals surface area contributed by atoms with Gasteiger partial charge in [0.1, 0.15) is 5.75 Å². The minimum Gasteiger partial charge on any atom is -0.497 e. The molecule has 2 N–H and O–H groups in total. The molecule has 24 heavy (non-hydrogen) atoms. The standard InChI is InChI=1S/C19H27NO4/c1-24-16-7-5-6-14(10-16)17-11-15(21)13-20(17)18(22)12-19(23)8-3-2-4-9-19/h5-7,10,15,17,21,23H,2-4,8-9,11-13H2,1H3/t15-,17+/m1/s1. The predicted molar refractivity (Wildman–Crippen MR) is 90.7 cm³/mol. The Hall–Kier alpha value is -1.59. The summed E-state index contributed by atoms with van der Waals surface area (Å²) >= 11 is 0. The van der Waals surface area contributed by atoms with E-state index in [0.29, 0.717) is 25.8 Å². The fourth-order valence-corrected chi connectivity index (χ4v) is 4.02. The number of hydrogen-bond donors (Lipinski definition) is 2. The lowest BCUT2D eigenvalue weighted by Gasteiger charge is -2.34. The molecule has 0 radical (unpaired) electrons. The molecule has 1 heterocycles. The van der Waals surface area contributed by atoms with Crippen LogP contribution in [0.15, 0.2) is 24.3 Å². The summed E-state index contributed by atoms with van der Waals surface area (Å²) in [5.74, 6) is 0.677. The summed E-state index contributed by atoms with van der Waals surface area (Å²) in [5, 5.41) is 20.8. The fourth-order valence-electron chi connectivity index (χ4n) is 4.02. The third kappa shape index (κ3) is 3.73. The number of β-amino-alcohol motifs (C(OH)–C–C–N with tert-alkyl or cyclic N) is 1. The molecule has 5 nitrogen and oxygen atoms in total. The van der Waals surface area contributed by atoms with Gasteiger partial charge in [-0.25, -0.2) is 0 Å². The van der Waals surface area contributed by atoms with E-state index in [-0.39, 0.29) is 18.4 Å².